The fraction of sp³-hybridized carbons (Fsp3) is 0.417. The van der Waals surface area contributed by atoms with Crippen LogP contribution in [0.1, 0.15) is 44.4 Å². The van der Waals surface area contributed by atoms with Crippen molar-refractivity contribution in [2.24, 2.45) is 0 Å². The molecule has 2 aromatic carbocycles. The van der Waals surface area contributed by atoms with Crippen LogP contribution in [0.2, 0.25) is 10.0 Å². The Labute approximate surface area is 194 Å². The van der Waals surface area contributed by atoms with Gasteiger partial charge in [0.05, 0.1) is 0 Å². The Morgan fingerprint density at radius 2 is 1.77 bits per heavy atom. The van der Waals surface area contributed by atoms with E-state index in [9.17, 15) is 9.59 Å². The zero-order valence-electron chi connectivity index (χ0n) is 18.9. The highest BCUT2D eigenvalue weighted by Crippen LogP contribution is 2.24. The number of amides is 2. The second kappa shape index (κ2) is 10.4. The molecule has 2 aromatic rings. The number of aryl methyl sites for hydroxylation is 2. The molecule has 2 amide bonds. The smallest absolute Gasteiger partial charge is 0.261 e. The zero-order valence-corrected chi connectivity index (χ0v) is 20.4. The van der Waals surface area contributed by atoms with Gasteiger partial charge in [0.1, 0.15) is 11.8 Å². The van der Waals surface area contributed by atoms with E-state index in [0.29, 0.717) is 21.4 Å². The lowest BCUT2D eigenvalue weighted by atomic mass is 10.1. The van der Waals surface area contributed by atoms with E-state index in [4.69, 9.17) is 27.9 Å². The number of rotatable bonds is 7. The molecule has 1 atom stereocenters. The van der Waals surface area contributed by atoms with Gasteiger partial charge in [-0.05, 0) is 76.4 Å². The van der Waals surface area contributed by atoms with Crippen LogP contribution in [-0.2, 0) is 16.1 Å². The standard InChI is InChI=1S/C24H30Cl2N2O3/c1-15-7-8-16(2)21(11-15)31-14-22(29)28(17(3)23(30)27-24(4,5)6)13-18-9-10-19(25)12-20(18)26/h7-12,17H,13-14H2,1-6H3,(H,27,30). The Bertz CT molecular complexity index is 954. The maximum absolute atomic E-state index is 13.2. The second-order valence-electron chi connectivity index (χ2n) is 8.73. The number of carbonyl (C=O) groups is 2. The van der Waals surface area contributed by atoms with Gasteiger partial charge in [0.15, 0.2) is 6.61 Å². The summed E-state index contributed by atoms with van der Waals surface area (Å²) in [5.74, 6) is 0.0748. The molecular weight excluding hydrogens is 435 g/mol. The number of halogens is 2. The van der Waals surface area contributed by atoms with E-state index in [0.717, 1.165) is 11.1 Å². The molecule has 0 fully saturated rings. The van der Waals surface area contributed by atoms with Crippen molar-refractivity contribution >= 4 is 35.0 Å². The average Bonchev–Trinajstić information content (AvgIpc) is 2.66. The summed E-state index contributed by atoms with van der Waals surface area (Å²) in [4.78, 5) is 27.4. The van der Waals surface area contributed by atoms with Crippen LogP contribution in [0.4, 0.5) is 0 Å². The normalized spacial score (nSPS) is 12.3. The minimum absolute atomic E-state index is 0.156. The lowest BCUT2D eigenvalue weighted by molar-refractivity contribution is -0.142. The summed E-state index contributed by atoms with van der Waals surface area (Å²) in [7, 11) is 0. The third-order valence-corrected chi connectivity index (χ3v) is 5.30. The molecule has 0 bridgehead atoms. The largest absolute Gasteiger partial charge is 0.483 e. The van der Waals surface area contributed by atoms with Gasteiger partial charge in [-0.1, -0.05) is 41.4 Å². The molecule has 168 valence electrons. The van der Waals surface area contributed by atoms with Crippen LogP contribution < -0.4 is 10.1 Å². The molecule has 0 spiro atoms. The topological polar surface area (TPSA) is 58.6 Å². The van der Waals surface area contributed by atoms with Gasteiger partial charge < -0.3 is 15.0 Å². The Morgan fingerprint density at radius 1 is 1.10 bits per heavy atom. The molecule has 0 radical (unpaired) electrons. The SMILES string of the molecule is Cc1ccc(C)c(OCC(=O)N(Cc2ccc(Cl)cc2Cl)C(C)C(=O)NC(C)(C)C)c1. The molecule has 2 rings (SSSR count). The first-order chi connectivity index (χ1) is 14.4. The minimum Gasteiger partial charge on any atom is -0.483 e. The van der Waals surface area contributed by atoms with Gasteiger partial charge in [0, 0.05) is 22.1 Å². The fourth-order valence-electron chi connectivity index (χ4n) is 2.98. The monoisotopic (exact) mass is 464 g/mol. The Balaban J connectivity index is 2.25. The van der Waals surface area contributed by atoms with E-state index in [1.807, 2.05) is 52.8 Å². The highest BCUT2D eigenvalue weighted by molar-refractivity contribution is 6.35. The van der Waals surface area contributed by atoms with Gasteiger partial charge >= 0.3 is 0 Å². The van der Waals surface area contributed by atoms with E-state index in [1.165, 1.54) is 4.90 Å². The van der Waals surface area contributed by atoms with Gasteiger partial charge in [-0.15, -0.1) is 0 Å². The Hall–Kier alpha value is -2.24. The summed E-state index contributed by atoms with van der Waals surface area (Å²) in [6.07, 6.45) is 0. The molecule has 5 nitrogen and oxygen atoms in total. The zero-order chi connectivity index (χ0) is 23.3. The lowest BCUT2D eigenvalue weighted by Crippen LogP contribution is -2.53. The van der Waals surface area contributed by atoms with E-state index in [1.54, 1.807) is 25.1 Å². The molecule has 0 saturated carbocycles. The van der Waals surface area contributed by atoms with Crippen LogP contribution in [0, 0.1) is 13.8 Å². The molecule has 0 aliphatic carbocycles. The number of nitrogens with zero attached hydrogens (tertiary/aromatic N) is 1. The fourth-order valence-corrected chi connectivity index (χ4v) is 3.44. The van der Waals surface area contributed by atoms with E-state index >= 15 is 0 Å². The molecule has 0 aliphatic heterocycles. The van der Waals surface area contributed by atoms with Crippen LogP contribution >= 0.6 is 23.2 Å². The molecule has 0 aromatic heterocycles. The van der Waals surface area contributed by atoms with Gasteiger partial charge in [0.2, 0.25) is 5.91 Å². The van der Waals surface area contributed by atoms with E-state index in [-0.39, 0.29) is 25.0 Å². The summed E-state index contributed by atoms with van der Waals surface area (Å²) in [5.41, 5.74) is 2.24. The lowest BCUT2D eigenvalue weighted by Gasteiger charge is -2.31. The van der Waals surface area contributed by atoms with Crippen molar-refractivity contribution in [2.75, 3.05) is 6.61 Å². The van der Waals surface area contributed by atoms with Gasteiger partial charge in [-0.2, -0.15) is 0 Å². The van der Waals surface area contributed by atoms with Crippen LogP contribution in [0.15, 0.2) is 36.4 Å². The van der Waals surface area contributed by atoms with Gasteiger partial charge in [-0.3, -0.25) is 9.59 Å². The third kappa shape index (κ3) is 7.44. The van der Waals surface area contributed by atoms with Crippen molar-refractivity contribution in [1.29, 1.82) is 0 Å². The second-order valence-corrected chi connectivity index (χ2v) is 9.57. The Kier molecular flexibility index (Phi) is 8.38. The van der Waals surface area contributed by atoms with E-state index < -0.39 is 11.6 Å². The number of carbonyl (C=O) groups excluding carboxylic acids is 2. The number of benzene rings is 2. The van der Waals surface area contributed by atoms with Crippen molar-refractivity contribution in [3.8, 4) is 5.75 Å². The maximum Gasteiger partial charge on any atom is 0.261 e. The molecule has 7 heteroatoms. The first-order valence-electron chi connectivity index (χ1n) is 10.1. The molecule has 31 heavy (non-hydrogen) atoms. The predicted molar refractivity (Wildman–Crippen MR) is 126 cm³/mol. The molecule has 0 heterocycles. The maximum atomic E-state index is 13.2. The van der Waals surface area contributed by atoms with Crippen LogP contribution in [-0.4, -0.2) is 34.9 Å². The number of nitrogens with one attached hydrogen (secondary N) is 1. The van der Waals surface area contributed by atoms with E-state index in [2.05, 4.69) is 5.32 Å². The predicted octanol–water partition coefficient (Wildman–Crippen LogP) is 5.32. The highest BCUT2D eigenvalue weighted by atomic mass is 35.5. The quantitative estimate of drug-likeness (QED) is 0.602. The molecule has 1 unspecified atom stereocenters. The van der Waals surface area contributed by atoms with Crippen molar-refractivity contribution in [3.05, 3.63) is 63.1 Å². The van der Waals surface area contributed by atoms with Gasteiger partial charge in [-0.25, -0.2) is 0 Å². The summed E-state index contributed by atoms with van der Waals surface area (Å²) in [5, 5.41) is 3.86. The summed E-state index contributed by atoms with van der Waals surface area (Å²) in [6, 6.07) is 10.2. The van der Waals surface area contributed by atoms with Gasteiger partial charge in [0.25, 0.3) is 5.91 Å². The summed E-state index contributed by atoms with van der Waals surface area (Å²) in [6.45, 7) is 11.2. The number of hydrogen-bond donors (Lipinski definition) is 1. The Morgan fingerprint density at radius 3 is 2.39 bits per heavy atom. The summed E-state index contributed by atoms with van der Waals surface area (Å²) < 4.78 is 5.80. The number of ether oxygens (including phenoxy) is 1. The first-order valence-corrected chi connectivity index (χ1v) is 10.9. The molecule has 0 aliphatic rings. The van der Waals surface area contributed by atoms with Crippen LogP contribution in [0.25, 0.3) is 0 Å². The van der Waals surface area contributed by atoms with Crippen molar-refractivity contribution in [3.63, 3.8) is 0 Å². The minimum atomic E-state index is -0.722. The molecule has 1 N–H and O–H groups in total. The summed E-state index contributed by atoms with van der Waals surface area (Å²) >= 11 is 12.3. The van der Waals surface area contributed by atoms with Crippen LogP contribution in [0.3, 0.4) is 0 Å². The average molecular weight is 465 g/mol. The van der Waals surface area contributed by atoms with Crippen molar-refractivity contribution in [1.82, 2.24) is 10.2 Å². The number of hydrogen-bond acceptors (Lipinski definition) is 3. The van der Waals surface area contributed by atoms with Crippen molar-refractivity contribution < 1.29 is 14.3 Å². The highest BCUT2D eigenvalue weighted by Gasteiger charge is 2.29. The molecule has 0 saturated heterocycles. The van der Waals surface area contributed by atoms with Crippen LogP contribution in [0.5, 0.6) is 5.75 Å². The molecular formula is C24H30Cl2N2O3. The first kappa shape index (κ1) is 25.0. The third-order valence-electron chi connectivity index (χ3n) is 4.72. The van der Waals surface area contributed by atoms with Crippen molar-refractivity contribution in [2.45, 2.75) is 59.7 Å².